The molecule has 28 heavy (non-hydrogen) atoms. The van der Waals surface area contributed by atoms with Gasteiger partial charge in [0.15, 0.2) is 0 Å². The molecule has 0 saturated carbocycles. The second kappa shape index (κ2) is 8.09. The molecule has 0 atom stereocenters. The zero-order chi connectivity index (χ0) is 20.4. The standard InChI is InChI=1S/C18H18F2N4O3S/c1-10(2)7-23-16(26)9-28-14-6-21-24(18(27)17(14)23)8-15(25)22-13-5-11(19)3-4-12(13)20/h3-6,10H,7-9H2,1-2H3,(H,22,25). The van der Waals surface area contributed by atoms with Gasteiger partial charge in [0, 0.05) is 12.6 Å². The molecule has 1 aromatic heterocycles. The van der Waals surface area contributed by atoms with Crippen LogP contribution in [-0.2, 0) is 16.1 Å². The van der Waals surface area contributed by atoms with Crippen LogP contribution in [-0.4, -0.2) is 33.9 Å². The average Bonchev–Trinajstić information content (AvgIpc) is 2.62. The van der Waals surface area contributed by atoms with Crippen molar-refractivity contribution >= 4 is 35.0 Å². The van der Waals surface area contributed by atoms with E-state index < -0.39 is 29.6 Å². The van der Waals surface area contributed by atoms with Gasteiger partial charge in [-0.05, 0) is 18.1 Å². The van der Waals surface area contributed by atoms with E-state index in [0.717, 1.165) is 22.9 Å². The Kier molecular flexibility index (Phi) is 5.78. The largest absolute Gasteiger partial charge is 0.322 e. The third-order valence-corrected chi connectivity index (χ3v) is 4.95. The van der Waals surface area contributed by atoms with Gasteiger partial charge < -0.3 is 10.2 Å². The minimum atomic E-state index is -0.800. The number of benzene rings is 1. The van der Waals surface area contributed by atoms with E-state index in [1.54, 1.807) is 0 Å². The fourth-order valence-corrected chi connectivity index (χ4v) is 3.64. The van der Waals surface area contributed by atoms with Crippen LogP contribution >= 0.6 is 11.8 Å². The van der Waals surface area contributed by atoms with Crippen LogP contribution < -0.4 is 15.8 Å². The summed E-state index contributed by atoms with van der Waals surface area (Å²) in [6.45, 7) is 3.72. The van der Waals surface area contributed by atoms with Gasteiger partial charge in [-0.1, -0.05) is 13.8 Å². The minimum Gasteiger partial charge on any atom is -0.322 e. The number of carbonyl (C=O) groups is 2. The van der Waals surface area contributed by atoms with Crippen LogP contribution in [0.25, 0.3) is 0 Å². The number of fused-ring (bicyclic) bond motifs is 1. The second-order valence-electron chi connectivity index (χ2n) is 6.68. The number of nitrogens with one attached hydrogen (secondary N) is 1. The van der Waals surface area contributed by atoms with Crippen LogP contribution in [0.4, 0.5) is 20.2 Å². The topological polar surface area (TPSA) is 84.3 Å². The maximum Gasteiger partial charge on any atom is 0.292 e. The Labute approximate surface area is 163 Å². The minimum absolute atomic E-state index is 0.139. The summed E-state index contributed by atoms with van der Waals surface area (Å²) in [6.07, 6.45) is 1.43. The van der Waals surface area contributed by atoms with Crippen LogP contribution in [0.2, 0.25) is 0 Å². The van der Waals surface area contributed by atoms with Gasteiger partial charge in [0.25, 0.3) is 5.56 Å². The zero-order valence-electron chi connectivity index (χ0n) is 15.2. The second-order valence-corrected chi connectivity index (χ2v) is 7.70. The van der Waals surface area contributed by atoms with Crippen molar-refractivity contribution in [2.24, 2.45) is 5.92 Å². The summed E-state index contributed by atoms with van der Waals surface area (Å²) in [5, 5.41) is 6.19. The molecule has 0 aliphatic carbocycles. The van der Waals surface area contributed by atoms with Gasteiger partial charge in [-0.15, -0.1) is 11.8 Å². The van der Waals surface area contributed by atoms with Crippen LogP contribution in [0, 0.1) is 17.6 Å². The number of halogens is 2. The molecule has 1 aliphatic rings. The molecule has 0 saturated heterocycles. The number of rotatable bonds is 5. The Hall–Kier alpha value is -2.75. The van der Waals surface area contributed by atoms with Crippen molar-refractivity contribution in [3.8, 4) is 0 Å². The normalized spacial score (nSPS) is 13.6. The first kappa shape index (κ1) is 20.0. The zero-order valence-corrected chi connectivity index (χ0v) is 16.1. The lowest BCUT2D eigenvalue weighted by Gasteiger charge is -2.29. The summed E-state index contributed by atoms with van der Waals surface area (Å²) in [5.74, 6) is -2.09. The molecule has 1 N–H and O–H groups in total. The molecule has 148 valence electrons. The van der Waals surface area contributed by atoms with Gasteiger partial charge >= 0.3 is 0 Å². The lowest BCUT2D eigenvalue weighted by atomic mass is 10.2. The van der Waals surface area contributed by atoms with E-state index in [4.69, 9.17) is 0 Å². The van der Waals surface area contributed by atoms with Crippen molar-refractivity contribution < 1.29 is 18.4 Å². The van der Waals surface area contributed by atoms with E-state index in [2.05, 4.69) is 10.4 Å². The lowest BCUT2D eigenvalue weighted by Crippen LogP contribution is -2.44. The van der Waals surface area contributed by atoms with Crippen LogP contribution in [0.5, 0.6) is 0 Å². The molecule has 3 rings (SSSR count). The summed E-state index contributed by atoms with van der Waals surface area (Å²) in [7, 11) is 0. The van der Waals surface area contributed by atoms with Gasteiger partial charge in [-0.2, -0.15) is 5.10 Å². The van der Waals surface area contributed by atoms with Crippen molar-refractivity contribution in [2.75, 3.05) is 22.5 Å². The Morgan fingerprint density at radius 2 is 2.07 bits per heavy atom. The molecule has 10 heteroatoms. The molecule has 7 nitrogen and oxygen atoms in total. The number of anilines is 2. The van der Waals surface area contributed by atoms with E-state index >= 15 is 0 Å². The third-order valence-electron chi connectivity index (χ3n) is 3.95. The van der Waals surface area contributed by atoms with Crippen LogP contribution in [0.3, 0.4) is 0 Å². The fourth-order valence-electron chi connectivity index (χ4n) is 2.75. The molecule has 1 aromatic carbocycles. The van der Waals surface area contributed by atoms with E-state index in [-0.39, 0.29) is 29.0 Å². The van der Waals surface area contributed by atoms with Gasteiger partial charge in [-0.25, -0.2) is 13.5 Å². The lowest BCUT2D eigenvalue weighted by molar-refractivity contribution is -0.117. The van der Waals surface area contributed by atoms with E-state index in [0.29, 0.717) is 11.4 Å². The summed E-state index contributed by atoms with van der Waals surface area (Å²) in [6, 6.07) is 2.66. The highest BCUT2D eigenvalue weighted by Crippen LogP contribution is 2.32. The Morgan fingerprint density at radius 1 is 1.32 bits per heavy atom. The maximum atomic E-state index is 13.7. The number of aromatic nitrogens is 2. The first-order chi connectivity index (χ1) is 13.3. The molecular formula is C18H18F2N4O3S. The highest BCUT2D eigenvalue weighted by molar-refractivity contribution is 8.00. The summed E-state index contributed by atoms with van der Waals surface area (Å²) in [5.41, 5.74) is -0.730. The number of amides is 2. The molecular weight excluding hydrogens is 390 g/mol. The van der Waals surface area contributed by atoms with Gasteiger partial charge in [-0.3, -0.25) is 14.4 Å². The Morgan fingerprint density at radius 3 is 2.79 bits per heavy atom. The van der Waals surface area contributed by atoms with Gasteiger partial charge in [0.05, 0.1) is 22.5 Å². The fraction of sp³-hybridized carbons (Fsp3) is 0.333. The molecule has 2 aromatic rings. The Balaban J connectivity index is 1.87. The van der Waals surface area contributed by atoms with Gasteiger partial charge in [0.2, 0.25) is 11.8 Å². The summed E-state index contributed by atoms with van der Waals surface area (Å²) in [4.78, 5) is 39.3. The van der Waals surface area contributed by atoms with E-state index in [9.17, 15) is 23.2 Å². The third kappa shape index (κ3) is 4.22. The molecule has 0 spiro atoms. The maximum absolute atomic E-state index is 13.7. The average molecular weight is 408 g/mol. The number of nitrogens with zero attached hydrogens (tertiary/aromatic N) is 3. The smallest absolute Gasteiger partial charge is 0.292 e. The quantitative estimate of drug-likeness (QED) is 0.821. The monoisotopic (exact) mass is 408 g/mol. The van der Waals surface area contributed by atoms with Crippen molar-refractivity contribution in [2.45, 2.75) is 25.3 Å². The van der Waals surface area contributed by atoms with Crippen molar-refractivity contribution in [3.63, 3.8) is 0 Å². The molecule has 0 bridgehead atoms. The molecule has 0 unspecified atom stereocenters. The molecule has 0 fully saturated rings. The first-order valence-electron chi connectivity index (χ1n) is 8.54. The highest BCUT2D eigenvalue weighted by Gasteiger charge is 2.29. The number of hydrogen-bond acceptors (Lipinski definition) is 5. The SMILES string of the molecule is CC(C)CN1C(=O)CSc2cnn(CC(=O)Nc3cc(F)ccc3F)c(=O)c21. The van der Waals surface area contributed by atoms with Crippen molar-refractivity contribution in [1.82, 2.24) is 9.78 Å². The van der Waals surface area contributed by atoms with Crippen molar-refractivity contribution in [1.29, 1.82) is 0 Å². The first-order valence-corrected chi connectivity index (χ1v) is 9.53. The summed E-state index contributed by atoms with van der Waals surface area (Å²) < 4.78 is 27.8. The van der Waals surface area contributed by atoms with Crippen molar-refractivity contribution in [3.05, 3.63) is 46.4 Å². The van der Waals surface area contributed by atoms with Crippen LogP contribution in [0.15, 0.2) is 34.1 Å². The molecule has 2 heterocycles. The van der Waals surface area contributed by atoms with Crippen LogP contribution in [0.1, 0.15) is 13.8 Å². The molecule has 2 amide bonds. The summed E-state index contributed by atoms with van der Waals surface area (Å²) >= 11 is 1.22. The predicted octanol–water partition coefficient (Wildman–Crippen LogP) is 2.25. The molecule has 0 radical (unpaired) electrons. The van der Waals surface area contributed by atoms with E-state index in [1.807, 2.05) is 13.8 Å². The van der Waals surface area contributed by atoms with Gasteiger partial charge in [0.1, 0.15) is 23.9 Å². The Bertz CT molecular complexity index is 993. The molecule has 1 aliphatic heterocycles. The highest BCUT2D eigenvalue weighted by atomic mass is 32.2. The predicted molar refractivity (Wildman–Crippen MR) is 101 cm³/mol. The van der Waals surface area contributed by atoms with E-state index in [1.165, 1.54) is 22.9 Å². The number of thioether (sulfide) groups is 1. The number of hydrogen-bond donors (Lipinski definition) is 1. The number of carbonyl (C=O) groups excluding carboxylic acids is 2.